The molecule has 13 heteroatoms. The van der Waals surface area contributed by atoms with Crippen LogP contribution in [0.3, 0.4) is 0 Å². The van der Waals surface area contributed by atoms with Crippen molar-refractivity contribution >= 4 is 23.7 Å². The van der Waals surface area contributed by atoms with Crippen LogP contribution in [-0.2, 0) is 9.47 Å². The van der Waals surface area contributed by atoms with Crippen LogP contribution < -0.4 is 21.9 Å². The molecule has 1 atom stereocenters. The Labute approximate surface area is 207 Å². The Morgan fingerprint density at radius 1 is 1.39 bits per heavy atom. The average Bonchev–Trinajstić information content (AvgIpc) is 3.19. The number of hydrogen-bond donors (Lipinski definition) is 4. The number of amides is 2. The molecule has 2 aromatic rings. The van der Waals surface area contributed by atoms with Crippen molar-refractivity contribution in [1.82, 2.24) is 15.3 Å². The van der Waals surface area contributed by atoms with Crippen LogP contribution in [0.2, 0.25) is 0 Å². The predicted octanol–water partition coefficient (Wildman–Crippen LogP) is 1.53. The van der Waals surface area contributed by atoms with Gasteiger partial charge >= 0.3 is 12.2 Å². The van der Waals surface area contributed by atoms with Crippen molar-refractivity contribution in [2.24, 2.45) is 16.8 Å². The fourth-order valence-electron chi connectivity index (χ4n) is 3.40. The minimum atomic E-state index is -0.648. The first-order valence-electron chi connectivity index (χ1n) is 11.1. The number of aromatic nitrogens is 1. The van der Waals surface area contributed by atoms with Crippen molar-refractivity contribution in [3.05, 3.63) is 48.0 Å². The third-order valence-corrected chi connectivity index (χ3v) is 5.06. The molecule has 1 aliphatic rings. The lowest BCUT2D eigenvalue weighted by Gasteiger charge is -2.22. The van der Waals surface area contributed by atoms with Gasteiger partial charge in [0, 0.05) is 23.9 Å². The summed E-state index contributed by atoms with van der Waals surface area (Å²) in [5, 5.41) is 16.7. The number of rotatable bonds is 7. The van der Waals surface area contributed by atoms with Crippen molar-refractivity contribution in [2.45, 2.75) is 32.5 Å². The molecule has 2 heterocycles. The molecule has 6 N–H and O–H groups in total. The maximum atomic E-state index is 14.9. The van der Waals surface area contributed by atoms with Gasteiger partial charge in [-0.05, 0) is 45.0 Å². The maximum Gasteiger partial charge on any atom is 0.414 e. The molecule has 0 aliphatic carbocycles. The van der Waals surface area contributed by atoms with Gasteiger partial charge in [-0.2, -0.15) is 5.10 Å². The van der Waals surface area contributed by atoms with Gasteiger partial charge in [0.25, 0.3) is 0 Å². The van der Waals surface area contributed by atoms with Crippen molar-refractivity contribution in [3.8, 4) is 11.1 Å². The number of hydrogen-bond acceptors (Lipinski definition) is 9. The van der Waals surface area contributed by atoms with E-state index >= 15 is 0 Å². The van der Waals surface area contributed by atoms with Crippen LogP contribution in [0.15, 0.2) is 41.6 Å². The second-order valence-corrected chi connectivity index (χ2v) is 8.97. The molecule has 0 bridgehead atoms. The van der Waals surface area contributed by atoms with E-state index in [4.69, 9.17) is 21.2 Å². The number of benzene rings is 1. The molecule has 12 nitrogen and oxygen atoms in total. The van der Waals surface area contributed by atoms with E-state index in [9.17, 15) is 19.1 Å². The van der Waals surface area contributed by atoms with E-state index in [2.05, 4.69) is 15.4 Å². The number of aliphatic hydroxyl groups excluding tert-OH is 1. The number of aliphatic hydroxyl groups is 1. The van der Waals surface area contributed by atoms with Crippen molar-refractivity contribution in [3.63, 3.8) is 0 Å². The largest absolute Gasteiger partial charge is 0.444 e. The van der Waals surface area contributed by atoms with Gasteiger partial charge in [-0.1, -0.05) is 6.07 Å². The molecule has 1 unspecified atom stereocenters. The highest BCUT2D eigenvalue weighted by Crippen LogP contribution is 2.29. The van der Waals surface area contributed by atoms with Crippen molar-refractivity contribution in [1.29, 1.82) is 0 Å². The molecule has 1 saturated heterocycles. The highest BCUT2D eigenvalue weighted by Gasteiger charge is 2.32. The molecule has 0 radical (unpaired) electrons. The molecule has 1 aromatic carbocycles. The smallest absolute Gasteiger partial charge is 0.414 e. The van der Waals surface area contributed by atoms with Gasteiger partial charge in [0.15, 0.2) is 5.84 Å². The molecule has 36 heavy (non-hydrogen) atoms. The summed E-state index contributed by atoms with van der Waals surface area (Å²) < 4.78 is 25.0. The molecule has 0 spiro atoms. The standard InChI is InChI=1S/C23H30FN7O5/c1-23(2,3)36-21(33)27-8-9-31(26)20(29-25)19-7-4-14(11-28-19)17-6-5-15(10-18(17)24)30-12-16(13-32)35-22(30)34/h4-7,10-11,16,32H,8-9,12-13,25-26H2,1-3H3,(H,27,33)/b29-20-. The van der Waals surface area contributed by atoms with Crippen LogP contribution in [0.5, 0.6) is 0 Å². The molecule has 2 amide bonds. The number of ether oxygens (including phenoxy) is 2. The van der Waals surface area contributed by atoms with Crippen LogP contribution >= 0.6 is 0 Å². The van der Waals surface area contributed by atoms with Crippen molar-refractivity contribution in [2.75, 3.05) is 31.1 Å². The summed E-state index contributed by atoms with van der Waals surface area (Å²) in [5.41, 5.74) is 0.782. The van der Waals surface area contributed by atoms with E-state index < -0.39 is 29.7 Å². The number of anilines is 1. The number of hydrazone groups is 1. The van der Waals surface area contributed by atoms with E-state index in [0.29, 0.717) is 16.9 Å². The highest BCUT2D eigenvalue weighted by molar-refractivity contribution is 5.96. The van der Waals surface area contributed by atoms with Gasteiger partial charge in [-0.25, -0.2) is 19.8 Å². The Balaban J connectivity index is 1.65. The van der Waals surface area contributed by atoms with Gasteiger partial charge in [0.1, 0.15) is 23.2 Å². The summed E-state index contributed by atoms with van der Waals surface area (Å²) in [6.45, 7) is 5.44. The number of amidine groups is 1. The van der Waals surface area contributed by atoms with Crippen molar-refractivity contribution < 1.29 is 28.6 Å². The maximum absolute atomic E-state index is 14.9. The third-order valence-electron chi connectivity index (χ3n) is 5.06. The Bertz CT molecular complexity index is 1120. The van der Waals surface area contributed by atoms with Crippen LogP contribution in [0, 0.1) is 5.82 Å². The van der Waals surface area contributed by atoms with Gasteiger partial charge in [0.2, 0.25) is 0 Å². The molecular weight excluding hydrogens is 473 g/mol. The van der Waals surface area contributed by atoms with E-state index in [1.807, 2.05) is 0 Å². The number of hydrazine groups is 1. The minimum absolute atomic E-state index is 0.133. The normalized spacial score (nSPS) is 16.1. The number of carbonyl (C=O) groups is 2. The van der Waals surface area contributed by atoms with Gasteiger partial charge in [-0.3, -0.25) is 14.9 Å². The van der Waals surface area contributed by atoms with Crippen LogP contribution in [-0.4, -0.2) is 71.1 Å². The first-order valence-corrected chi connectivity index (χ1v) is 11.1. The van der Waals surface area contributed by atoms with E-state index in [1.165, 1.54) is 28.2 Å². The number of alkyl carbamates (subject to hydrolysis) is 1. The molecular formula is C23H30FN7O5. The number of pyridine rings is 1. The number of nitrogens with zero attached hydrogens (tertiary/aromatic N) is 4. The monoisotopic (exact) mass is 503 g/mol. The summed E-state index contributed by atoms with van der Waals surface area (Å²) >= 11 is 0. The van der Waals surface area contributed by atoms with E-state index in [1.54, 1.807) is 39.0 Å². The summed E-state index contributed by atoms with van der Waals surface area (Å²) in [6.07, 6.45) is -0.427. The second kappa shape index (κ2) is 11.2. The fourth-order valence-corrected chi connectivity index (χ4v) is 3.40. The topological polar surface area (TPSA) is 169 Å². The Hall–Kier alpha value is -3.97. The summed E-state index contributed by atoms with van der Waals surface area (Å²) in [7, 11) is 0. The quantitative estimate of drug-likeness (QED) is 0.189. The first-order chi connectivity index (χ1) is 17.0. The number of nitrogens with one attached hydrogen (secondary N) is 1. The molecule has 1 aliphatic heterocycles. The zero-order valence-corrected chi connectivity index (χ0v) is 20.3. The molecule has 3 rings (SSSR count). The second-order valence-electron chi connectivity index (χ2n) is 8.97. The van der Waals surface area contributed by atoms with E-state index in [0.717, 1.165) is 0 Å². The van der Waals surface area contributed by atoms with Gasteiger partial charge in [-0.15, -0.1) is 0 Å². The molecule has 1 fully saturated rings. The molecule has 0 saturated carbocycles. The fraction of sp³-hybridized carbons (Fsp3) is 0.391. The number of carbonyl (C=O) groups excluding carboxylic acids is 2. The lowest BCUT2D eigenvalue weighted by molar-refractivity contribution is 0.0525. The summed E-state index contributed by atoms with van der Waals surface area (Å²) in [5.74, 6) is 11.1. The van der Waals surface area contributed by atoms with Crippen LogP contribution in [0.25, 0.3) is 11.1 Å². The number of cyclic esters (lactones) is 1. The SMILES string of the molecule is CC(C)(C)OC(=O)NCCN(N)/C(=N\N)c1ccc(-c2ccc(N3CC(CO)OC3=O)cc2F)cn1. The van der Waals surface area contributed by atoms with Gasteiger partial charge < -0.3 is 25.7 Å². The van der Waals surface area contributed by atoms with Crippen LogP contribution in [0.1, 0.15) is 26.5 Å². The minimum Gasteiger partial charge on any atom is -0.444 e. The molecule has 194 valence electrons. The lowest BCUT2D eigenvalue weighted by atomic mass is 10.1. The third kappa shape index (κ3) is 6.58. The lowest BCUT2D eigenvalue weighted by Crippen LogP contribution is -2.44. The number of nitrogens with two attached hydrogens (primary N) is 2. The molecule has 1 aromatic heterocycles. The first kappa shape index (κ1) is 26.6. The highest BCUT2D eigenvalue weighted by atomic mass is 19.1. The van der Waals surface area contributed by atoms with Crippen LogP contribution in [0.4, 0.5) is 19.7 Å². The Morgan fingerprint density at radius 3 is 2.69 bits per heavy atom. The summed E-state index contributed by atoms with van der Waals surface area (Å²) in [6, 6.07) is 7.54. The summed E-state index contributed by atoms with van der Waals surface area (Å²) in [4.78, 5) is 29.3. The average molecular weight is 504 g/mol. The Kier molecular flexibility index (Phi) is 8.27. The Morgan fingerprint density at radius 2 is 2.14 bits per heavy atom. The zero-order valence-electron chi connectivity index (χ0n) is 20.3. The predicted molar refractivity (Wildman–Crippen MR) is 130 cm³/mol. The zero-order chi connectivity index (χ0) is 26.5. The van der Waals surface area contributed by atoms with E-state index in [-0.39, 0.29) is 37.6 Å². The number of halogens is 1. The van der Waals surface area contributed by atoms with Gasteiger partial charge in [0.05, 0.1) is 25.4 Å².